The van der Waals surface area contributed by atoms with Crippen LogP contribution in [0.2, 0.25) is 0 Å². The number of aromatic nitrogens is 2. The van der Waals surface area contributed by atoms with Crippen LogP contribution in [0.25, 0.3) is 0 Å². The monoisotopic (exact) mass is 243 g/mol. The molecule has 4 nitrogen and oxygen atoms in total. The Balaban J connectivity index is 1.73. The summed E-state index contributed by atoms with van der Waals surface area (Å²) in [6.07, 6.45) is 7.58. The molecule has 2 aromatic rings. The number of aryl methyl sites for hydroxylation is 1. The summed E-state index contributed by atoms with van der Waals surface area (Å²) in [5.41, 5.74) is 7.81. The van der Waals surface area contributed by atoms with Crippen LogP contribution < -0.4 is 15.2 Å². The van der Waals surface area contributed by atoms with E-state index in [4.69, 9.17) is 5.73 Å². The Morgan fingerprint density at radius 3 is 2.72 bits per heavy atom. The van der Waals surface area contributed by atoms with Gasteiger partial charge in [-0.15, -0.1) is 0 Å². The van der Waals surface area contributed by atoms with E-state index in [9.17, 15) is 0 Å². The lowest BCUT2D eigenvalue weighted by molar-refractivity contribution is -0.671. The highest BCUT2D eigenvalue weighted by Gasteiger charge is 2.27. The third-order valence-electron chi connectivity index (χ3n) is 3.63. The predicted octanol–water partition coefficient (Wildman–Crippen LogP) is 1.35. The summed E-state index contributed by atoms with van der Waals surface area (Å²) in [5, 5.41) is 0. The molecule has 0 unspecified atom stereocenters. The molecule has 1 aromatic heterocycles. The molecule has 1 aromatic carbocycles. The van der Waals surface area contributed by atoms with Crippen LogP contribution in [0.15, 0.2) is 43.0 Å². The van der Waals surface area contributed by atoms with Gasteiger partial charge in [0.1, 0.15) is 18.4 Å². The summed E-state index contributed by atoms with van der Waals surface area (Å²) in [6, 6.07) is 8.72. The lowest BCUT2D eigenvalue weighted by Gasteiger charge is -2.17. The Bertz CT molecular complexity index is 529. The zero-order valence-corrected chi connectivity index (χ0v) is 10.7. The second kappa shape index (κ2) is 4.37. The van der Waals surface area contributed by atoms with Crippen molar-refractivity contribution in [1.29, 1.82) is 0 Å². The molecule has 4 heteroatoms. The minimum Gasteiger partial charge on any atom is -0.399 e. The van der Waals surface area contributed by atoms with Gasteiger partial charge >= 0.3 is 0 Å². The third kappa shape index (κ3) is 2.06. The summed E-state index contributed by atoms with van der Waals surface area (Å²) >= 11 is 0. The molecule has 1 fully saturated rings. The fraction of sp³-hybridized carbons (Fsp3) is 0.357. The number of hydrogen-bond donors (Lipinski definition) is 1. The van der Waals surface area contributed by atoms with Gasteiger partial charge in [0.25, 0.3) is 0 Å². The number of anilines is 2. The smallest absolute Gasteiger partial charge is 0.243 e. The second-order valence-electron chi connectivity index (χ2n) is 5.01. The average Bonchev–Trinajstić information content (AvgIpc) is 2.98. The molecular weight excluding hydrogens is 224 g/mol. The van der Waals surface area contributed by atoms with Gasteiger partial charge in [-0.3, -0.25) is 0 Å². The Labute approximate surface area is 107 Å². The minimum absolute atomic E-state index is 0.573. The molecule has 0 radical (unpaired) electrons. The normalized spacial score (nSPS) is 19.4. The van der Waals surface area contributed by atoms with Gasteiger partial charge in [-0.25, -0.2) is 9.13 Å². The van der Waals surface area contributed by atoms with Gasteiger partial charge in [-0.1, -0.05) is 0 Å². The Morgan fingerprint density at radius 1 is 1.28 bits per heavy atom. The Hall–Kier alpha value is -1.97. The third-order valence-corrected chi connectivity index (χ3v) is 3.63. The molecule has 2 N–H and O–H groups in total. The first-order valence-electron chi connectivity index (χ1n) is 6.35. The van der Waals surface area contributed by atoms with Crippen LogP contribution in [-0.2, 0) is 7.05 Å². The summed E-state index contributed by atoms with van der Waals surface area (Å²) in [5.74, 6) is 0. The van der Waals surface area contributed by atoms with Crippen molar-refractivity contribution in [3.63, 3.8) is 0 Å². The molecule has 1 aliphatic rings. The molecule has 3 rings (SSSR count). The Morgan fingerprint density at radius 2 is 2.06 bits per heavy atom. The van der Waals surface area contributed by atoms with E-state index in [-0.39, 0.29) is 0 Å². The molecule has 1 saturated heterocycles. The standard InChI is InChI=1S/C14H19N4/c1-16-8-9-18(11-16)14-6-7-17(10-14)13-4-2-12(15)3-5-13/h2-5,8-9,11,14H,6-7,10,15H2,1H3/q+1/t14-/m0/s1. The Kier molecular flexibility index (Phi) is 2.70. The fourth-order valence-corrected chi connectivity index (χ4v) is 2.59. The van der Waals surface area contributed by atoms with Gasteiger partial charge in [0.05, 0.1) is 13.6 Å². The van der Waals surface area contributed by atoms with Crippen molar-refractivity contribution in [3.8, 4) is 0 Å². The number of imidazole rings is 1. The van der Waals surface area contributed by atoms with Gasteiger partial charge in [-0.05, 0) is 24.3 Å². The van der Waals surface area contributed by atoms with E-state index in [2.05, 4.69) is 51.9 Å². The van der Waals surface area contributed by atoms with Gasteiger partial charge in [-0.2, -0.15) is 0 Å². The number of nitrogens with zero attached hydrogens (tertiary/aromatic N) is 3. The van der Waals surface area contributed by atoms with E-state index in [0.717, 1.165) is 18.8 Å². The van der Waals surface area contributed by atoms with Crippen molar-refractivity contribution in [1.82, 2.24) is 4.57 Å². The summed E-state index contributed by atoms with van der Waals surface area (Å²) in [7, 11) is 2.06. The fourth-order valence-electron chi connectivity index (χ4n) is 2.59. The molecule has 94 valence electrons. The van der Waals surface area contributed by atoms with Gasteiger partial charge in [0.2, 0.25) is 6.33 Å². The van der Waals surface area contributed by atoms with Crippen LogP contribution in [-0.4, -0.2) is 17.7 Å². The lowest BCUT2D eigenvalue weighted by atomic mass is 10.2. The largest absolute Gasteiger partial charge is 0.399 e. The summed E-state index contributed by atoms with van der Waals surface area (Å²) in [6.45, 7) is 2.18. The molecular formula is C14H19N4+. The molecule has 0 spiro atoms. The van der Waals surface area contributed by atoms with Crippen LogP contribution in [0.4, 0.5) is 11.4 Å². The SMILES string of the molecule is C[n+]1ccn([C@H]2CCN(c3ccc(N)cc3)C2)c1. The van der Waals surface area contributed by atoms with E-state index in [1.165, 1.54) is 12.1 Å². The van der Waals surface area contributed by atoms with Gasteiger partial charge < -0.3 is 10.6 Å². The summed E-state index contributed by atoms with van der Waals surface area (Å²) < 4.78 is 4.39. The lowest BCUT2D eigenvalue weighted by Crippen LogP contribution is -2.25. The number of benzene rings is 1. The average molecular weight is 243 g/mol. The first-order valence-corrected chi connectivity index (χ1v) is 6.35. The maximum atomic E-state index is 5.72. The molecule has 0 saturated carbocycles. The van der Waals surface area contributed by atoms with Crippen molar-refractivity contribution in [2.24, 2.45) is 7.05 Å². The molecule has 0 amide bonds. The maximum Gasteiger partial charge on any atom is 0.243 e. The molecule has 0 bridgehead atoms. The highest BCUT2D eigenvalue weighted by atomic mass is 15.2. The van der Waals surface area contributed by atoms with Crippen LogP contribution in [0.3, 0.4) is 0 Å². The number of nitrogen functional groups attached to an aromatic ring is 1. The number of hydrogen-bond acceptors (Lipinski definition) is 2. The van der Waals surface area contributed by atoms with Crippen molar-refractivity contribution in [2.45, 2.75) is 12.5 Å². The van der Waals surface area contributed by atoms with Crippen molar-refractivity contribution < 1.29 is 4.57 Å². The minimum atomic E-state index is 0.573. The topological polar surface area (TPSA) is 38.1 Å². The molecule has 2 heterocycles. The van der Waals surface area contributed by atoms with Crippen LogP contribution in [0.5, 0.6) is 0 Å². The highest BCUT2D eigenvalue weighted by molar-refractivity contribution is 5.53. The predicted molar refractivity (Wildman–Crippen MR) is 72.3 cm³/mol. The molecule has 18 heavy (non-hydrogen) atoms. The zero-order valence-electron chi connectivity index (χ0n) is 10.7. The van der Waals surface area contributed by atoms with Gasteiger partial charge in [0, 0.05) is 24.3 Å². The van der Waals surface area contributed by atoms with Crippen molar-refractivity contribution in [3.05, 3.63) is 43.0 Å². The van der Waals surface area contributed by atoms with E-state index in [1.54, 1.807) is 0 Å². The highest BCUT2D eigenvalue weighted by Crippen LogP contribution is 2.26. The maximum absolute atomic E-state index is 5.72. The summed E-state index contributed by atoms with van der Waals surface area (Å²) in [4.78, 5) is 2.42. The number of nitrogens with two attached hydrogens (primary N) is 1. The molecule has 1 aliphatic heterocycles. The first-order chi connectivity index (χ1) is 8.72. The van der Waals surface area contributed by atoms with E-state index in [0.29, 0.717) is 6.04 Å². The molecule has 0 aliphatic carbocycles. The zero-order chi connectivity index (χ0) is 12.5. The first kappa shape index (κ1) is 11.1. The van der Waals surface area contributed by atoms with Crippen LogP contribution in [0.1, 0.15) is 12.5 Å². The van der Waals surface area contributed by atoms with Gasteiger partial charge in [0.15, 0.2) is 0 Å². The quantitative estimate of drug-likeness (QED) is 0.638. The van der Waals surface area contributed by atoms with Crippen molar-refractivity contribution in [2.75, 3.05) is 23.7 Å². The van der Waals surface area contributed by atoms with Crippen LogP contribution >= 0.6 is 0 Å². The van der Waals surface area contributed by atoms with Crippen molar-refractivity contribution >= 4 is 11.4 Å². The van der Waals surface area contributed by atoms with E-state index < -0.39 is 0 Å². The molecule has 1 atom stereocenters. The van der Waals surface area contributed by atoms with Crippen LogP contribution in [0, 0.1) is 0 Å². The van der Waals surface area contributed by atoms with E-state index >= 15 is 0 Å². The van der Waals surface area contributed by atoms with E-state index in [1.807, 2.05) is 12.1 Å². The second-order valence-corrected chi connectivity index (χ2v) is 5.01. The number of rotatable bonds is 2.